The summed E-state index contributed by atoms with van der Waals surface area (Å²) in [5.74, 6) is -0.631. The lowest BCUT2D eigenvalue weighted by atomic mass is 10.1. The van der Waals surface area contributed by atoms with Gasteiger partial charge in [-0.2, -0.15) is 4.98 Å². The third-order valence-corrected chi connectivity index (χ3v) is 7.52. The number of primary amides is 1. The van der Waals surface area contributed by atoms with Crippen molar-refractivity contribution in [1.29, 1.82) is 0 Å². The van der Waals surface area contributed by atoms with Crippen molar-refractivity contribution in [3.63, 3.8) is 0 Å². The molecule has 1 atom stereocenters. The molecule has 2 saturated heterocycles. The third-order valence-electron chi connectivity index (χ3n) is 7.52. The van der Waals surface area contributed by atoms with Gasteiger partial charge in [-0.05, 0) is 63.4 Å². The first-order valence-electron chi connectivity index (χ1n) is 14.1. The van der Waals surface area contributed by atoms with E-state index in [0.717, 1.165) is 25.8 Å². The van der Waals surface area contributed by atoms with Gasteiger partial charge in [0.15, 0.2) is 11.5 Å². The fourth-order valence-electron chi connectivity index (χ4n) is 5.00. The summed E-state index contributed by atoms with van der Waals surface area (Å²) in [5.41, 5.74) is 6.55. The maximum atomic E-state index is 13.0. The van der Waals surface area contributed by atoms with Crippen molar-refractivity contribution in [1.82, 2.24) is 29.9 Å². The summed E-state index contributed by atoms with van der Waals surface area (Å²) < 4.78 is 5.32. The number of likely N-dealkylation sites (tertiary alicyclic amines) is 1. The van der Waals surface area contributed by atoms with E-state index in [9.17, 15) is 14.4 Å². The van der Waals surface area contributed by atoms with E-state index < -0.39 is 5.91 Å². The Hall–Kier alpha value is -4.10. The molecular formula is C28H37N9O4. The van der Waals surface area contributed by atoms with Crippen LogP contribution in [0.1, 0.15) is 53.0 Å². The minimum Gasteiger partial charge on any atom is -0.378 e. The van der Waals surface area contributed by atoms with E-state index in [4.69, 9.17) is 10.5 Å². The van der Waals surface area contributed by atoms with E-state index in [1.165, 1.54) is 12.8 Å². The molecule has 0 bridgehead atoms. The van der Waals surface area contributed by atoms with Gasteiger partial charge in [0, 0.05) is 49.5 Å². The molecule has 3 aliphatic rings. The van der Waals surface area contributed by atoms with E-state index in [-0.39, 0.29) is 35.4 Å². The molecular weight excluding hydrogens is 526 g/mol. The fraction of sp³-hybridized carbons (Fsp3) is 0.500. The van der Waals surface area contributed by atoms with Gasteiger partial charge >= 0.3 is 0 Å². The number of hydrogen-bond donors (Lipinski definition) is 3. The molecule has 5 rings (SSSR count). The van der Waals surface area contributed by atoms with Crippen molar-refractivity contribution in [2.45, 2.75) is 44.3 Å². The first kappa shape index (κ1) is 28.4. The molecule has 218 valence electrons. The van der Waals surface area contributed by atoms with Crippen molar-refractivity contribution in [2.24, 2.45) is 5.73 Å². The number of hydrogen-bond acceptors (Lipinski definition) is 10. The number of anilines is 3. The molecule has 0 radical (unpaired) electrons. The van der Waals surface area contributed by atoms with Crippen molar-refractivity contribution >= 4 is 35.2 Å². The monoisotopic (exact) mass is 563 g/mol. The molecule has 0 unspecified atom stereocenters. The highest BCUT2D eigenvalue weighted by Crippen LogP contribution is 2.25. The van der Waals surface area contributed by atoms with E-state index in [1.54, 1.807) is 40.1 Å². The van der Waals surface area contributed by atoms with Gasteiger partial charge in [0.05, 0.1) is 13.2 Å². The average molecular weight is 564 g/mol. The number of carbonyl (C=O) groups is 3. The zero-order chi connectivity index (χ0) is 28.8. The largest absolute Gasteiger partial charge is 0.378 e. The number of piperidine rings is 1. The maximum Gasteiger partial charge on any atom is 0.273 e. The highest BCUT2D eigenvalue weighted by atomic mass is 16.5. The molecule has 3 amide bonds. The molecule has 1 aliphatic carbocycles. The summed E-state index contributed by atoms with van der Waals surface area (Å²) in [6, 6.07) is 7.49. The topological polar surface area (TPSA) is 159 Å². The van der Waals surface area contributed by atoms with Gasteiger partial charge in [-0.25, -0.2) is 0 Å². The van der Waals surface area contributed by atoms with Gasteiger partial charge in [-0.1, -0.05) is 6.08 Å². The number of aromatic nitrogens is 3. The van der Waals surface area contributed by atoms with Crippen LogP contribution in [0.3, 0.4) is 0 Å². The van der Waals surface area contributed by atoms with E-state index in [2.05, 4.69) is 37.8 Å². The molecule has 2 aliphatic heterocycles. The van der Waals surface area contributed by atoms with E-state index >= 15 is 0 Å². The van der Waals surface area contributed by atoms with Gasteiger partial charge in [-0.15, -0.1) is 10.2 Å². The summed E-state index contributed by atoms with van der Waals surface area (Å²) >= 11 is 0. The SMILES string of the molecule is CN(C/C=C/C(=O)N1CCCC[C@@H]1Nc1nnc(C(N)=O)c(Nc2ccc(C(=O)N3CCOCC3)cc2)n1)C1CC1. The lowest BCUT2D eigenvalue weighted by Crippen LogP contribution is -2.47. The van der Waals surface area contributed by atoms with Crippen LogP contribution < -0.4 is 16.4 Å². The van der Waals surface area contributed by atoms with Gasteiger partial charge in [-0.3, -0.25) is 19.3 Å². The van der Waals surface area contributed by atoms with Crippen molar-refractivity contribution < 1.29 is 19.1 Å². The first-order chi connectivity index (χ1) is 19.9. The summed E-state index contributed by atoms with van der Waals surface area (Å²) in [4.78, 5) is 48.1. The molecule has 1 aromatic heterocycles. The van der Waals surface area contributed by atoms with Crippen LogP contribution in [0.25, 0.3) is 0 Å². The first-order valence-corrected chi connectivity index (χ1v) is 14.1. The second-order valence-electron chi connectivity index (χ2n) is 10.6. The zero-order valence-corrected chi connectivity index (χ0v) is 23.3. The van der Waals surface area contributed by atoms with Crippen LogP contribution in [0.15, 0.2) is 36.4 Å². The molecule has 13 heteroatoms. The minimum atomic E-state index is -0.783. The van der Waals surface area contributed by atoms with Crippen LogP contribution in [0, 0.1) is 0 Å². The number of nitrogens with one attached hydrogen (secondary N) is 2. The summed E-state index contributed by atoms with van der Waals surface area (Å²) in [5, 5.41) is 14.3. The predicted molar refractivity (Wildman–Crippen MR) is 153 cm³/mol. The number of rotatable bonds is 10. The smallest absolute Gasteiger partial charge is 0.273 e. The van der Waals surface area contributed by atoms with Crippen LogP contribution >= 0.6 is 0 Å². The van der Waals surface area contributed by atoms with Crippen LogP contribution in [0.2, 0.25) is 0 Å². The van der Waals surface area contributed by atoms with E-state index in [0.29, 0.717) is 50.1 Å². The molecule has 4 N–H and O–H groups in total. The molecule has 2 aromatic rings. The molecule has 41 heavy (non-hydrogen) atoms. The number of amides is 3. The number of nitrogens with zero attached hydrogens (tertiary/aromatic N) is 6. The highest BCUT2D eigenvalue weighted by Gasteiger charge is 2.28. The Morgan fingerprint density at radius 1 is 1.07 bits per heavy atom. The number of ether oxygens (including phenoxy) is 1. The average Bonchev–Trinajstić information content (AvgIpc) is 3.84. The third kappa shape index (κ3) is 7.35. The van der Waals surface area contributed by atoms with Crippen LogP contribution in [-0.2, 0) is 9.53 Å². The Bertz CT molecular complexity index is 1280. The van der Waals surface area contributed by atoms with Gasteiger partial charge < -0.3 is 30.9 Å². The number of benzene rings is 1. The predicted octanol–water partition coefficient (Wildman–Crippen LogP) is 1.59. The van der Waals surface area contributed by atoms with Crippen LogP contribution in [0.5, 0.6) is 0 Å². The van der Waals surface area contributed by atoms with Crippen molar-refractivity contribution in [3.8, 4) is 0 Å². The van der Waals surface area contributed by atoms with Crippen molar-refractivity contribution in [3.05, 3.63) is 47.7 Å². The molecule has 1 aromatic carbocycles. The highest BCUT2D eigenvalue weighted by molar-refractivity contribution is 5.97. The summed E-state index contributed by atoms with van der Waals surface area (Å²) in [6.07, 6.45) is 8.25. The fourth-order valence-corrected chi connectivity index (χ4v) is 5.00. The quantitative estimate of drug-likeness (QED) is 0.362. The number of carbonyl (C=O) groups excluding carboxylic acids is 3. The molecule has 0 spiro atoms. The van der Waals surface area contributed by atoms with Crippen LogP contribution in [-0.4, -0.2) is 106 Å². The Morgan fingerprint density at radius 2 is 1.83 bits per heavy atom. The maximum absolute atomic E-state index is 13.0. The number of morpholine rings is 1. The second kappa shape index (κ2) is 13.0. The second-order valence-corrected chi connectivity index (χ2v) is 10.6. The lowest BCUT2D eigenvalue weighted by Gasteiger charge is -2.35. The van der Waals surface area contributed by atoms with Crippen LogP contribution in [0.4, 0.5) is 17.5 Å². The molecule has 3 fully saturated rings. The minimum absolute atomic E-state index is 0.0655. The summed E-state index contributed by atoms with van der Waals surface area (Å²) in [6.45, 7) is 3.52. The van der Waals surface area contributed by atoms with Gasteiger partial charge in [0.1, 0.15) is 6.17 Å². The Morgan fingerprint density at radius 3 is 2.54 bits per heavy atom. The molecule has 3 heterocycles. The normalized spacial score (nSPS) is 19.4. The number of likely N-dealkylation sites (N-methyl/N-ethyl adjacent to an activating group) is 1. The lowest BCUT2D eigenvalue weighted by molar-refractivity contribution is -0.128. The van der Waals surface area contributed by atoms with E-state index in [1.807, 2.05) is 6.08 Å². The van der Waals surface area contributed by atoms with Gasteiger partial charge in [0.25, 0.3) is 11.8 Å². The Labute approximate surface area is 239 Å². The Balaban J connectivity index is 1.26. The Kier molecular flexibility index (Phi) is 9.04. The summed E-state index contributed by atoms with van der Waals surface area (Å²) in [7, 11) is 2.07. The number of nitrogens with two attached hydrogens (primary N) is 1. The van der Waals surface area contributed by atoms with Gasteiger partial charge in [0.2, 0.25) is 11.9 Å². The standard InChI is InChI=1S/C28H37N9O4/c1-35(21-11-12-21)13-4-6-23(38)37-14-3-2-5-22(37)31-28-32-26(24(25(29)39)33-34-28)30-20-9-7-19(8-10-20)27(40)36-15-17-41-18-16-36/h4,6-10,21-22H,2-3,5,11-18H2,1H3,(H2,29,39)(H2,30,31,32,34)/b6-4+/t22-/m1/s1. The molecule has 1 saturated carbocycles. The molecule has 13 nitrogen and oxygen atoms in total. The zero-order valence-electron chi connectivity index (χ0n) is 23.3. The van der Waals surface area contributed by atoms with Crippen molar-refractivity contribution in [2.75, 3.05) is 57.1 Å².